The Bertz CT molecular complexity index is 4650. The maximum Gasteiger partial charge on any atom is 0.283 e. The van der Waals surface area contributed by atoms with Crippen molar-refractivity contribution >= 4 is 32.7 Å². The van der Waals surface area contributed by atoms with E-state index in [1.807, 2.05) is 87.5 Å². The van der Waals surface area contributed by atoms with Gasteiger partial charge in [0.1, 0.15) is 42.2 Å². The molecule has 9 heterocycles. The zero-order valence-corrected chi connectivity index (χ0v) is 65.2. The first kappa shape index (κ1) is 82.8. The number of H-pyrrole nitrogens is 3. The third kappa shape index (κ3) is 17.5. The third-order valence-electron chi connectivity index (χ3n) is 24.5. The summed E-state index contributed by atoms with van der Waals surface area (Å²) < 4.78 is 135. The van der Waals surface area contributed by atoms with Gasteiger partial charge in [-0.1, -0.05) is 113 Å². The highest BCUT2D eigenvalue weighted by Gasteiger charge is 2.47. The quantitative estimate of drug-likeness (QED) is 0.0222. The van der Waals surface area contributed by atoms with Crippen LogP contribution >= 0.6 is 0 Å². The molecular weight excluding hydrogens is 1450 g/mol. The number of nitrogens with one attached hydrogen (secondary N) is 3. The lowest BCUT2D eigenvalue weighted by molar-refractivity contribution is -0.0867. The van der Waals surface area contributed by atoms with E-state index in [0.717, 1.165) is 127 Å². The predicted octanol–water partition coefficient (Wildman–Crippen LogP) is 15.3. The van der Waals surface area contributed by atoms with Gasteiger partial charge < -0.3 is 60.3 Å². The van der Waals surface area contributed by atoms with Gasteiger partial charge in [-0.25, -0.2) is 39.5 Å². The van der Waals surface area contributed by atoms with E-state index in [4.69, 9.17) is 0 Å². The molecule has 9 aromatic rings. The molecule has 9 N–H and O–H groups in total. The number of fused-ring (bicyclic) bond motifs is 9. The molecular formula is C88H110F9N9O6. The van der Waals surface area contributed by atoms with Crippen molar-refractivity contribution in [2.45, 2.75) is 178 Å². The van der Waals surface area contributed by atoms with Crippen LogP contribution < -0.4 is 0 Å². The molecule has 0 saturated carbocycles. The number of rotatable bonds is 27. The normalized spacial score (nSPS) is 22.6. The minimum absolute atomic E-state index is 0.0527. The molecule has 112 heavy (non-hydrogen) atoms. The summed E-state index contributed by atoms with van der Waals surface area (Å²) >= 11 is 0. The Labute approximate surface area is 650 Å². The Morgan fingerprint density at radius 3 is 1.28 bits per heavy atom. The van der Waals surface area contributed by atoms with Crippen LogP contribution in [0.15, 0.2) is 121 Å². The van der Waals surface area contributed by atoms with E-state index >= 15 is 17.6 Å². The Balaban J connectivity index is 0.000000147. The standard InChI is InChI=1S/C30H37F4N3O2.C29H36F3N3O2.C29H37F2N3O2/c1-4-5-8-36-13-19(14-36)29(39)18-10-23(32)26(24(33)11-18)28-27-22(21-12-20(31)6-7-25(21)35-27)9-17(2)37(28)15-30(3,34)16-38;1-3-4-11-34-14-20(15-34)28(37)19-9-10-22(24(30)13-19)27-26-23(21-7-5-6-8-25(21)33-26)12-18(2)35(27)16-29(31,32)17-36;1-3-4-13-33-15-22(16-33)28(36)21-11-9-20(10-12-21)27-26-24(23-7-5-6-8-25(23)32-26)14-19(2)34(27)17-29(30,31)18-35/h6-7,10-12,17,19,28-29,35,38-39H,4-5,8-9,13-16H2,1-3H3;5-10,13,18,20,27-28,33,36-37H,3-4,11-12,14-17H2,1-2H3;5-12,19,22,27-28,32,35-36H,3-4,13-18H2,1-2H3/t17-,28-,29?,30?;18-,27-,28?;19-,27-,28?/m111/s1. The number of likely N-dealkylation sites (tertiary alicyclic amines) is 3. The molecule has 0 amide bonds. The molecule has 6 aromatic carbocycles. The van der Waals surface area contributed by atoms with Crippen molar-refractivity contribution < 1.29 is 70.2 Å². The molecule has 24 heteroatoms. The van der Waals surface area contributed by atoms with Crippen LogP contribution in [0.1, 0.15) is 191 Å². The van der Waals surface area contributed by atoms with Crippen molar-refractivity contribution in [3.05, 3.63) is 212 Å². The highest BCUT2D eigenvalue weighted by Crippen LogP contribution is 2.48. The minimum Gasteiger partial charge on any atom is -0.393 e. The minimum atomic E-state index is -3.32. The molecule has 0 bridgehead atoms. The first-order chi connectivity index (χ1) is 53.5. The van der Waals surface area contributed by atoms with Crippen molar-refractivity contribution in [2.24, 2.45) is 17.8 Å². The topological polar surface area (TPSA) is 188 Å². The van der Waals surface area contributed by atoms with Gasteiger partial charge in [-0.2, -0.15) is 0 Å². The molecule has 0 aliphatic carbocycles. The zero-order valence-electron chi connectivity index (χ0n) is 65.2. The maximum atomic E-state index is 15.9. The summed E-state index contributed by atoms with van der Waals surface area (Å²) in [5, 5.41) is 63.7. The number of hydrogen-bond donors (Lipinski definition) is 9. The lowest BCUT2D eigenvalue weighted by Gasteiger charge is -2.43. The van der Waals surface area contributed by atoms with Crippen molar-refractivity contribution in [3.8, 4) is 0 Å². The first-order valence-electron chi connectivity index (χ1n) is 40.2. The van der Waals surface area contributed by atoms with E-state index < -0.39 is 110 Å². The van der Waals surface area contributed by atoms with Crippen LogP contribution in [0.4, 0.5) is 39.5 Å². The summed E-state index contributed by atoms with van der Waals surface area (Å²) in [6.07, 6.45) is 6.03. The van der Waals surface area contributed by atoms with Gasteiger partial charge in [0.15, 0.2) is 0 Å². The fourth-order valence-electron chi connectivity index (χ4n) is 18.1. The third-order valence-corrected chi connectivity index (χ3v) is 24.5. The maximum absolute atomic E-state index is 15.9. The molecule has 3 fully saturated rings. The largest absolute Gasteiger partial charge is 0.393 e. The number of benzene rings is 6. The van der Waals surface area contributed by atoms with Crippen LogP contribution in [0.25, 0.3) is 32.7 Å². The Morgan fingerprint density at radius 1 is 0.429 bits per heavy atom. The molecule has 3 saturated heterocycles. The van der Waals surface area contributed by atoms with Crippen LogP contribution in [-0.4, -0.2) is 209 Å². The average Bonchev–Trinajstić information content (AvgIpc) is 1.56. The van der Waals surface area contributed by atoms with E-state index in [0.29, 0.717) is 60.2 Å². The van der Waals surface area contributed by atoms with Crippen molar-refractivity contribution in [3.63, 3.8) is 0 Å². The van der Waals surface area contributed by atoms with Gasteiger partial charge in [-0.3, -0.25) is 14.7 Å². The summed E-state index contributed by atoms with van der Waals surface area (Å²) in [5.74, 6) is -8.97. The SMILES string of the molecule is CCCCN1CC(C(O)c2cc(F)c([C@@H]3c4[nH]c5ccc(F)cc5c4C[C@@H](C)N3CC(C)(F)CO)c(F)c2)C1.CCCCN1CC(C(O)c2ccc([C@@H]3c4[nH]c5ccccc5c4C[C@@H](C)N3CC(F)(F)CO)c(F)c2)C1.CCCCN1CC(C(O)c2ccc([C@@H]3c4[nH]c5ccccc5c4C[C@@H](C)N3CC(F)(F)CO)cc2)C1. The number of hydrogen-bond acceptors (Lipinski definition) is 12. The van der Waals surface area contributed by atoms with Gasteiger partial charge in [0.05, 0.1) is 56.1 Å². The van der Waals surface area contributed by atoms with E-state index in [1.165, 1.54) is 50.1 Å². The molecule has 6 aliphatic rings. The number of alkyl halides is 5. The van der Waals surface area contributed by atoms with Gasteiger partial charge in [-0.15, -0.1) is 0 Å². The van der Waals surface area contributed by atoms with Gasteiger partial charge in [0, 0.05) is 143 Å². The number of nitrogens with zero attached hydrogens (tertiary/aromatic N) is 6. The number of halogens is 9. The number of aromatic nitrogens is 3. The molecule has 15 rings (SSSR count). The van der Waals surface area contributed by atoms with Crippen LogP contribution in [-0.2, 0) is 19.3 Å². The number of para-hydroxylation sites is 2. The van der Waals surface area contributed by atoms with E-state index in [1.54, 1.807) is 32.9 Å². The fraction of sp³-hybridized carbons (Fsp3) is 0.523. The second-order valence-corrected chi connectivity index (χ2v) is 33.1. The lowest BCUT2D eigenvalue weighted by Crippen LogP contribution is -2.50. The smallest absolute Gasteiger partial charge is 0.283 e. The average molecular weight is 1560 g/mol. The highest BCUT2D eigenvalue weighted by atomic mass is 19.3. The summed E-state index contributed by atoms with van der Waals surface area (Å²) in [7, 11) is 0. The number of aromatic amines is 3. The summed E-state index contributed by atoms with van der Waals surface area (Å²) in [4.78, 5) is 22.0. The Morgan fingerprint density at radius 2 is 0.821 bits per heavy atom. The van der Waals surface area contributed by atoms with Crippen LogP contribution in [0.5, 0.6) is 0 Å². The van der Waals surface area contributed by atoms with Gasteiger partial charge in [0.2, 0.25) is 0 Å². The lowest BCUT2D eigenvalue weighted by atomic mass is 9.85. The molecule has 3 aromatic heterocycles. The second-order valence-electron chi connectivity index (χ2n) is 33.1. The van der Waals surface area contributed by atoms with Gasteiger partial charge in [-0.05, 0) is 173 Å². The number of aliphatic hydroxyl groups excluding tert-OH is 6. The Kier molecular flexibility index (Phi) is 25.7. The number of unbranched alkanes of at least 4 members (excludes halogenated alkanes) is 3. The highest BCUT2D eigenvalue weighted by molar-refractivity contribution is 5.87. The molecule has 15 nitrogen and oxygen atoms in total. The van der Waals surface area contributed by atoms with E-state index in [-0.39, 0.29) is 59.1 Å². The van der Waals surface area contributed by atoms with Crippen molar-refractivity contribution in [2.75, 3.05) is 98.4 Å². The zero-order chi connectivity index (χ0) is 79.8. The molecule has 6 aliphatic heterocycles. The van der Waals surface area contributed by atoms with Crippen LogP contribution in [0.3, 0.4) is 0 Å². The van der Waals surface area contributed by atoms with Crippen molar-refractivity contribution in [1.29, 1.82) is 0 Å². The molecule has 10 atom stereocenters. The number of aliphatic hydroxyl groups is 6. The van der Waals surface area contributed by atoms with E-state index in [2.05, 4.69) is 56.5 Å². The van der Waals surface area contributed by atoms with E-state index in [9.17, 15) is 52.6 Å². The van der Waals surface area contributed by atoms with Gasteiger partial charge in [0.25, 0.3) is 11.8 Å². The van der Waals surface area contributed by atoms with Gasteiger partial charge >= 0.3 is 0 Å². The Hall–Kier alpha value is -7.17. The first-order valence-corrected chi connectivity index (χ1v) is 40.2. The summed E-state index contributed by atoms with van der Waals surface area (Å²) in [6.45, 7) is 16.5. The fourth-order valence-corrected chi connectivity index (χ4v) is 18.1. The van der Waals surface area contributed by atoms with Crippen LogP contribution in [0.2, 0.25) is 0 Å². The summed E-state index contributed by atoms with van der Waals surface area (Å²) in [5.41, 5.74) is 7.95. The predicted molar refractivity (Wildman–Crippen MR) is 419 cm³/mol. The molecule has 4 unspecified atom stereocenters. The second kappa shape index (κ2) is 34.7. The summed E-state index contributed by atoms with van der Waals surface area (Å²) in [6, 6.07) is 32.0. The monoisotopic (exact) mass is 1560 g/mol. The molecule has 0 spiro atoms. The van der Waals surface area contributed by atoms with Crippen molar-refractivity contribution in [1.82, 2.24) is 44.4 Å². The molecule has 0 radical (unpaired) electrons. The van der Waals surface area contributed by atoms with Crippen LogP contribution in [0, 0.1) is 41.0 Å². The molecule has 606 valence electrons.